The summed E-state index contributed by atoms with van der Waals surface area (Å²) >= 11 is 1.59. The molecule has 1 fully saturated rings. The first-order valence-corrected chi connectivity index (χ1v) is 10.0. The number of pyridine rings is 1. The van der Waals surface area contributed by atoms with Crippen LogP contribution >= 0.6 is 11.8 Å². The smallest absolute Gasteiger partial charge is 0.324 e. The van der Waals surface area contributed by atoms with Gasteiger partial charge in [0, 0.05) is 36.8 Å². The maximum absolute atomic E-state index is 12.2. The van der Waals surface area contributed by atoms with Gasteiger partial charge in [0.2, 0.25) is 0 Å². The van der Waals surface area contributed by atoms with Crippen LogP contribution in [0, 0.1) is 0 Å². The van der Waals surface area contributed by atoms with Crippen LogP contribution in [0.25, 0.3) is 11.4 Å². The minimum absolute atomic E-state index is 0.174. The number of carbonyl (C=O) groups is 2. The molecule has 2 aromatic heterocycles. The summed E-state index contributed by atoms with van der Waals surface area (Å²) in [6, 6.07) is 3.53. The molecule has 2 aromatic rings. The minimum Gasteiger partial charge on any atom is -0.324 e. The first kappa shape index (κ1) is 19.3. The van der Waals surface area contributed by atoms with Gasteiger partial charge in [-0.2, -0.15) is 0 Å². The Bertz CT molecular complexity index is 821. The van der Waals surface area contributed by atoms with Crippen LogP contribution in [-0.4, -0.2) is 54.4 Å². The van der Waals surface area contributed by atoms with Crippen molar-refractivity contribution in [1.82, 2.24) is 30.0 Å². The molecule has 0 aliphatic carbocycles. The zero-order chi connectivity index (χ0) is 19.4. The number of carbonyl (C=O) groups excluding carboxylic acids is 2. The zero-order valence-electron chi connectivity index (χ0n) is 15.8. The second-order valence-corrected chi connectivity index (χ2v) is 7.97. The van der Waals surface area contributed by atoms with Gasteiger partial charge < -0.3 is 9.88 Å². The van der Waals surface area contributed by atoms with E-state index in [4.69, 9.17) is 0 Å². The number of amides is 3. The third-order valence-electron chi connectivity index (χ3n) is 4.30. The van der Waals surface area contributed by atoms with Gasteiger partial charge in [-0.1, -0.05) is 18.7 Å². The molecule has 0 aromatic carbocycles. The number of hydrogen-bond donors (Lipinski definition) is 1. The molecule has 0 radical (unpaired) electrons. The molecule has 1 N–H and O–H groups in total. The van der Waals surface area contributed by atoms with Gasteiger partial charge in [0.05, 0.1) is 0 Å². The third kappa shape index (κ3) is 4.13. The van der Waals surface area contributed by atoms with Crippen LogP contribution in [-0.2, 0) is 11.3 Å². The van der Waals surface area contributed by atoms with E-state index in [9.17, 15) is 9.59 Å². The molecule has 3 amide bonds. The fourth-order valence-corrected chi connectivity index (χ4v) is 3.83. The molecule has 0 saturated carbocycles. The van der Waals surface area contributed by atoms with Gasteiger partial charge in [0.25, 0.3) is 5.91 Å². The lowest BCUT2D eigenvalue weighted by molar-refractivity contribution is -0.130. The lowest BCUT2D eigenvalue weighted by Gasteiger charge is -2.15. The Balaban J connectivity index is 1.61. The monoisotopic (exact) mass is 388 g/mol. The Kier molecular flexibility index (Phi) is 5.79. The second kappa shape index (κ2) is 8.08. The second-order valence-electron chi connectivity index (χ2n) is 6.91. The quantitative estimate of drug-likeness (QED) is 0.424. The summed E-state index contributed by atoms with van der Waals surface area (Å²) in [5.41, 5.74) is 0.171. The number of aromatic nitrogens is 4. The first-order chi connectivity index (χ1) is 12.9. The molecule has 144 valence electrons. The number of nitrogens with one attached hydrogen (secondary N) is 1. The highest BCUT2D eigenvalue weighted by molar-refractivity contribution is 7.99. The summed E-state index contributed by atoms with van der Waals surface area (Å²) in [4.78, 5) is 29.5. The summed E-state index contributed by atoms with van der Waals surface area (Å²) in [7, 11) is 0. The van der Waals surface area contributed by atoms with Gasteiger partial charge in [-0.05, 0) is 38.8 Å². The summed E-state index contributed by atoms with van der Waals surface area (Å²) in [5.74, 6) is 1.40. The molecule has 27 heavy (non-hydrogen) atoms. The maximum Gasteiger partial charge on any atom is 0.325 e. The molecular weight excluding hydrogens is 364 g/mol. The van der Waals surface area contributed by atoms with Crippen molar-refractivity contribution in [2.45, 2.75) is 50.9 Å². The average Bonchev–Trinajstić information content (AvgIpc) is 3.12. The highest BCUT2D eigenvalue weighted by atomic mass is 32.2. The van der Waals surface area contributed by atoms with Crippen LogP contribution in [0.4, 0.5) is 4.79 Å². The molecule has 3 rings (SSSR count). The van der Waals surface area contributed by atoms with Crippen molar-refractivity contribution in [3.8, 4) is 11.4 Å². The van der Waals surface area contributed by atoms with E-state index in [1.807, 2.05) is 12.1 Å². The number of thioether (sulfide) groups is 1. The summed E-state index contributed by atoms with van der Waals surface area (Å²) in [6.07, 6.45) is 5.16. The molecular formula is C18H24N6O2S. The molecule has 1 aliphatic rings. The molecule has 0 unspecified atom stereocenters. The van der Waals surface area contributed by atoms with Gasteiger partial charge >= 0.3 is 6.03 Å². The van der Waals surface area contributed by atoms with Crippen molar-refractivity contribution in [2.24, 2.45) is 0 Å². The predicted molar refractivity (Wildman–Crippen MR) is 103 cm³/mol. The minimum atomic E-state index is -0.815. The van der Waals surface area contributed by atoms with E-state index in [1.54, 1.807) is 38.0 Å². The SMILES string of the molecule is CCCn1c(SCCCN2C(=O)NC(C)(C)C2=O)nnc1-c1ccncc1. The van der Waals surface area contributed by atoms with Gasteiger partial charge in [0.15, 0.2) is 11.0 Å². The van der Waals surface area contributed by atoms with Crippen LogP contribution in [0.1, 0.15) is 33.6 Å². The largest absolute Gasteiger partial charge is 0.325 e. The van der Waals surface area contributed by atoms with E-state index in [0.717, 1.165) is 35.3 Å². The van der Waals surface area contributed by atoms with Crippen molar-refractivity contribution >= 4 is 23.7 Å². The van der Waals surface area contributed by atoms with Crippen molar-refractivity contribution in [3.05, 3.63) is 24.5 Å². The highest BCUT2D eigenvalue weighted by Gasteiger charge is 2.43. The fraction of sp³-hybridized carbons (Fsp3) is 0.500. The predicted octanol–water partition coefficient (Wildman–Crippen LogP) is 2.56. The Hall–Kier alpha value is -2.42. The van der Waals surface area contributed by atoms with Crippen LogP contribution in [0.2, 0.25) is 0 Å². The van der Waals surface area contributed by atoms with Crippen molar-refractivity contribution < 1.29 is 9.59 Å². The molecule has 0 bridgehead atoms. The van der Waals surface area contributed by atoms with E-state index >= 15 is 0 Å². The zero-order valence-corrected chi connectivity index (χ0v) is 16.6. The van der Waals surface area contributed by atoms with E-state index in [0.29, 0.717) is 13.0 Å². The van der Waals surface area contributed by atoms with E-state index < -0.39 is 5.54 Å². The lowest BCUT2D eigenvalue weighted by Crippen LogP contribution is -2.40. The molecule has 0 atom stereocenters. The van der Waals surface area contributed by atoms with E-state index in [1.165, 1.54) is 4.90 Å². The van der Waals surface area contributed by atoms with E-state index in [2.05, 4.69) is 32.0 Å². The number of nitrogens with zero attached hydrogens (tertiary/aromatic N) is 5. The van der Waals surface area contributed by atoms with Gasteiger partial charge in [0.1, 0.15) is 5.54 Å². The lowest BCUT2D eigenvalue weighted by atomic mass is 10.1. The molecule has 3 heterocycles. The Labute approximate surface area is 162 Å². The van der Waals surface area contributed by atoms with Crippen LogP contribution in [0.5, 0.6) is 0 Å². The molecule has 9 heteroatoms. The highest BCUT2D eigenvalue weighted by Crippen LogP contribution is 2.25. The van der Waals surface area contributed by atoms with Crippen LogP contribution in [0.15, 0.2) is 29.7 Å². The number of urea groups is 1. The molecule has 1 aliphatic heterocycles. The molecule has 8 nitrogen and oxygen atoms in total. The van der Waals surface area contributed by atoms with Gasteiger partial charge in [-0.15, -0.1) is 10.2 Å². The Morgan fingerprint density at radius 3 is 2.52 bits per heavy atom. The summed E-state index contributed by atoms with van der Waals surface area (Å²) in [5, 5.41) is 12.2. The maximum atomic E-state index is 12.2. The molecule has 0 spiro atoms. The Morgan fingerprint density at radius 1 is 1.15 bits per heavy atom. The number of rotatable bonds is 8. The van der Waals surface area contributed by atoms with Crippen LogP contribution < -0.4 is 5.32 Å². The van der Waals surface area contributed by atoms with E-state index in [-0.39, 0.29) is 11.9 Å². The number of hydrogen-bond acceptors (Lipinski definition) is 6. The normalized spacial score (nSPS) is 16.0. The van der Waals surface area contributed by atoms with Crippen molar-refractivity contribution in [1.29, 1.82) is 0 Å². The Morgan fingerprint density at radius 2 is 1.89 bits per heavy atom. The van der Waals surface area contributed by atoms with Gasteiger partial charge in [-0.25, -0.2) is 4.79 Å². The standard InChI is InChI=1S/C18H24N6O2S/c1-4-10-23-14(13-6-8-19-9-7-13)21-22-17(23)27-12-5-11-24-15(25)18(2,3)20-16(24)26/h6-9H,4-5,10-12H2,1-3H3,(H,20,26). The number of imide groups is 1. The molecule has 1 saturated heterocycles. The van der Waals surface area contributed by atoms with Crippen LogP contribution in [0.3, 0.4) is 0 Å². The summed E-state index contributed by atoms with van der Waals surface area (Å²) in [6.45, 7) is 6.78. The fourth-order valence-electron chi connectivity index (χ4n) is 2.94. The van der Waals surface area contributed by atoms with Crippen molar-refractivity contribution in [3.63, 3.8) is 0 Å². The summed E-state index contributed by atoms with van der Waals surface area (Å²) < 4.78 is 2.11. The van der Waals surface area contributed by atoms with Gasteiger partial charge in [-0.3, -0.25) is 14.7 Å². The average molecular weight is 388 g/mol. The van der Waals surface area contributed by atoms with Crippen molar-refractivity contribution in [2.75, 3.05) is 12.3 Å². The third-order valence-corrected chi connectivity index (χ3v) is 5.36. The first-order valence-electron chi connectivity index (χ1n) is 9.04. The topological polar surface area (TPSA) is 93.0 Å².